The van der Waals surface area contributed by atoms with E-state index in [1.165, 1.54) is 0 Å². The van der Waals surface area contributed by atoms with Crippen LogP contribution in [0.2, 0.25) is 0 Å². The normalized spacial score (nSPS) is 17.3. The molecule has 0 unspecified atom stereocenters. The maximum Gasteiger partial charge on any atom is 0.214 e. The number of aromatic nitrogens is 2. The number of rotatable bonds is 3. The molecule has 0 saturated carbocycles. The van der Waals surface area contributed by atoms with E-state index in [4.69, 9.17) is 9.47 Å². The Hall–Kier alpha value is -2.17. The fourth-order valence-electron chi connectivity index (χ4n) is 2.86. The topological polar surface area (TPSA) is 47.1 Å². The Bertz CT molecular complexity index is 713. The lowest BCUT2D eigenvalue weighted by atomic mass is 10.0. The van der Waals surface area contributed by atoms with Gasteiger partial charge in [0, 0.05) is 24.3 Å². The predicted octanol–water partition coefficient (Wildman–Crippen LogP) is 3.01. The van der Waals surface area contributed by atoms with E-state index in [-0.39, 0.29) is 0 Å². The van der Waals surface area contributed by atoms with Crippen LogP contribution in [0.3, 0.4) is 0 Å². The SMILES string of the molecule is c1cncc(CC2(c3cc4ccccc4[nH]3)OCCO2)c1. The van der Waals surface area contributed by atoms with E-state index in [9.17, 15) is 0 Å². The minimum absolute atomic E-state index is 0.607. The summed E-state index contributed by atoms with van der Waals surface area (Å²) in [5.41, 5.74) is 3.15. The van der Waals surface area contributed by atoms with Crippen molar-refractivity contribution >= 4 is 10.9 Å². The van der Waals surface area contributed by atoms with E-state index < -0.39 is 5.79 Å². The Morgan fingerprint density at radius 2 is 1.95 bits per heavy atom. The Kier molecular flexibility index (Phi) is 2.98. The maximum atomic E-state index is 5.98. The Balaban J connectivity index is 1.76. The third kappa shape index (κ3) is 2.22. The molecular weight excluding hydrogens is 264 g/mol. The van der Waals surface area contributed by atoms with Gasteiger partial charge in [0.25, 0.3) is 0 Å². The van der Waals surface area contributed by atoms with Gasteiger partial charge in [0.15, 0.2) is 0 Å². The fraction of sp³-hybridized carbons (Fsp3) is 0.235. The fourth-order valence-corrected chi connectivity index (χ4v) is 2.86. The van der Waals surface area contributed by atoms with Crippen molar-refractivity contribution in [3.05, 3.63) is 66.1 Å². The molecule has 1 aliphatic heterocycles. The second kappa shape index (κ2) is 4.98. The summed E-state index contributed by atoms with van der Waals surface area (Å²) in [6.07, 6.45) is 4.28. The van der Waals surface area contributed by atoms with E-state index in [0.717, 1.165) is 22.2 Å². The molecule has 3 heterocycles. The molecule has 1 aromatic carbocycles. The number of ether oxygens (including phenoxy) is 2. The predicted molar refractivity (Wildman–Crippen MR) is 79.8 cm³/mol. The molecule has 4 heteroatoms. The van der Waals surface area contributed by atoms with Crippen molar-refractivity contribution in [1.82, 2.24) is 9.97 Å². The molecule has 1 N–H and O–H groups in total. The van der Waals surface area contributed by atoms with Crippen molar-refractivity contribution in [2.24, 2.45) is 0 Å². The van der Waals surface area contributed by atoms with Gasteiger partial charge in [-0.25, -0.2) is 0 Å². The first-order valence-corrected chi connectivity index (χ1v) is 7.11. The highest BCUT2D eigenvalue weighted by Gasteiger charge is 2.40. The first-order valence-electron chi connectivity index (χ1n) is 7.11. The third-order valence-electron chi connectivity index (χ3n) is 3.85. The van der Waals surface area contributed by atoms with Crippen LogP contribution in [0.5, 0.6) is 0 Å². The van der Waals surface area contributed by atoms with Crippen LogP contribution in [0.4, 0.5) is 0 Å². The third-order valence-corrected chi connectivity index (χ3v) is 3.85. The first-order chi connectivity index (χ1) is 10.4. The van der Waals surface area contributed by atoms with Gasteiger partial charge < -0.3 is 14.5 Å². The smallest absolute Gasteiger partial charge is 0.214 e. The van der Waals surface area contributed by atoms with Crippen LogP contribution in [0.1, 0.15) is 11.3 Å². The Labute approximate surface area is 122 Å². The molecule has 0 amide bonds. The zero-order valence-electron chi connectivity index (χ0n) is 11.6. The van der Waals surface area contributed by atoms with Crippen LogP contribution in [-0.4, -0.2) is 23.2 Å². The van der Waals surface area contributed by atoms with Crippen molar-refractivity contribution in [3.8, 4) is 0 Å². The average molecular weight is 280 g/mol. The van der Waals surface area contributed by atoms with E-state index in [1.54, 1.807) is 6.20 Å². The summed E-state index contributed by atoms with van der Waals surface area (Å²) >= 11 is 0. The molecule has 1 saturated heterocycles. The van der Waals surface area contributed by atoms with Crippen molar-refractivity contribution in [2.45, 2.75) is 12.2 Å². The summed E-state index contributed by atoms with van der Waals surface area (Å²) in [6.45, 7) is 1.21. The molecule has 4 rings (SSSR count). The molecule has 2 aromatic heterocycles. The summed E-state index contributed by atoms with van der Waals surface area (Å²) in [6, 6.07) is 14.3. The van der Waals surface area contributed by atoms with Crippen molar-refractivity contribution in [3.63, 3.8) is 0 Å². The van der Waals surface area contributed by atoms with Gasteiger partial charge in [-0.2, -0.15) is 0 Å². The van der Waals surface area contributed by atoms with Crippen LogP contribution < -0.4 is 0 Å². The number of nitrogens with zero attached hydrogens (tertiary/aromatic N) is 1. The highest BCUT2D eigenvalue weighted by atomic mass is 16.7. The number of nitrogens with one attached hydrogen (secondary N) is 1. The molecule has 106 valence electrons. The molecule has 0 atom stereocenters. The lowest BCUT2D eigenvalue weighted by Gasteiger charge is -2.26. The summed E-state index contributed by atoms with van der Waals surface area (Å²) in [7, 11) is 0. The standard InChI is InChI=1S/C17H16N2O2/c1-2-6-15-14(5-1)10-16(19-15)17(20-8-9-21-17)11-13-4-3-7-18-12-13/h1-7,10,12,19H,8-9,11H2. The summed E-state index contributed by atoms with van der Waals surface area (Å²) in [5, 5.41) is 1.16. The van der Waals surface area contributed by atoms with Crippen LogP contribution in [0, 0.1) is 0 Å². The lowest BCUT2D eigenvalue weighted by Crippen LogP contribution is -2.30. The van der Waals surface area contributed by atoms with Gasteiger partial charge in [-0.15, -0.1) is 0 Å². The van der Waals surface area contributed by atoms with E-state index >= 15 is 0 Å². The quantitative estimate of drug-likeness (QED) is 0.802. The van der Waals surface area contributed by atoms with Gasteiger partial charge in [-0.1, -0.05) is 24.3 Å². The molecule has 0 bridgehead atoms. The largest absolute Gasteiger partial charge is 0.354 e. The number of H-pyrrole nitrogens is 1. The minimum Gasteiger partial charge on any atom is -0.354 e. The minimum atomic E-state index is -0.734. The second-order valence-corrected chi connectivity index (χ2v) is 5.26. The summed E-state index contributed by atoms with van der Waals surface area (Å²) in [4.78, 5) is 7.60. The number of hydrogen-bond donors (Lipinski definition) is 1. The zero-order chi connectivity index (χ0) is 14.1. The Morgan fingerprint density at radius 1 is 1.10 bits per heavy atom. The van der Waals surface area contributed by atoms with E-state index in [1.807, 2.05) is 30.5 Å². The van der Waals surface area contributed by atoms with Crippen molar-refractivity contribution in [2.75, 3.05) is 13.2 Å². The highest BCUT2D eigenvalue weighted by molar-refractivity contribution is 5.80. The molecule has 1 aliphatic rings. The lowest BCUT2D eigenvalue weighted by molar-refractivity contribution is -0.167. The number of hydrogen-bond acceptors (Lipinski definition) is 3. The van der Waals surface area contributed by atoms with Crippen molar-refractivity contribution < 1.29 is 9.47 Å². The number of fused-ring (bicyclic) bond motifs is 1. The molecule has 0 radical (unpaired) electrons. The van der Waals surface area contributed by atoms with Gasteiger partial charge >= 0.3 is 0 Å². The number of benzene rings is 1. The highest BCUT2D eigenvalue weighted by Crippen LogP contribution is 2.35. The van der Waals surface area contributed by atoms with Gasteiger partial charge in [-0.05, 0) is 29.1 Å². The van der Waals surface area contributed by atoms with Gasteiger partial charge in [0.2, 0.25) is 5.79 Å². The number of pyridine rings is 1. The molecule has 0 aliphatic carbocycles. The molecule has 4 nitrogen and oxygen atoms in total. The first kappa shape index (κ1) is 12.6. The van der Waals surface area contributed by atoms with Crippen molar-refractivity contribution in [1.29, 1.82) is 0 Å². The van der Waals surface area contributed by atoms with Gasteiger partial charge in [-0.3, -0.25) is 4.98 Å². The Morgan fingerprint density at radius 3 is 2.71 bits per heavy atom. The summed E-state index contributed by atoms with van der Waals surface area (Å²) in [5.74, 6) is -0.734. The second-order valence-electron chi connectivity index (χ2n) is 5.26. The average Bonchev–Trinajstić information content (AvgIpc) is 3.15. The number of aromatic amines is 1. The van der Waals surface area contributed by atoms with Crippen LogP contribution in [0.15, 0.2) is 54.9 Å². The summed E-state index contributed by atoms with van der Waals surface area (Å²) < 4.78 is 12.0. The maximum absolute atomic E-state index is 5.98. The zero-order valence-corrected chi connectivity index (χ0v) is 11.6. The monoisotopic (exact) mass is 280 g/mol. The van der Waals surface area contributed by atoms with Crippen LogP contribution in [0.25, 0.3) is 10.9 Å². The van der Waals surface area contributed by atoms with E-state index in [2.05, 4.69) is 28.2 Å². The van der Waals surface area contributed by atoms with Crippen LogP contribution in [-0.2, 0) is 21.7 Å². The molecule has 1 fully saturated rings. The van der Waals surface area contributed by atoms with Gasteiger partial charge in [0.1, 0.15) is 0 Å². The van der Waals surface area contributed by atoms with Gasteiger partial charge in [0.05, 0.1) is 18.9 Å². The molecule has 3 aromatic rings. The van der Waals surface area contributed by atoms with E-state index in [0.29, 0.717) is 19.6 Å². The van der Waals surface area contributed by atoms with Crippen LogP contribution >= 0.6 is 0 Å². The molecule has 21 heavy (non-hydrogen) atoms. The number of para-hydroxylation sites is 1. The molecular formula is C17H16N2O2. The molecule has 0 spiro atoms.